The zero-order chi connectivity index (χ0) is 26.5. The molecule has 0 aliphatic heterocycles. The van der Waals surface area contributed by atoms with E-state index in [1.54, 1.807) is 79.7 Å². The number of ether oxygens (including phenoxy) is 2. The van der Waals surface area contributed by atoms with Gasteiger partial charge < -0.3 is 13.9 Å². The van der Waals surface area contributed by atoms with Gasteiger partial charge in [0.05, 0.1) is 0 Å². The SMILES string of the molecule is Cc1oc2ccc(OCc3ccccc3)cc2c1C(=O)Oc1ccccc1/C=C/C(=O)c1ccc(Cl)cc1. The Morgan fingerprint density at radius 3 is 2.42 bits per heavy atom. The monoisotopic (exact) mass is 522 g/mol. The van der Waals surface area contributed by atoms with Crippen LogP contribution >= 0.6 is 11.6 Å². The van der Waals surface area contributed by atoms with Gasteiger partial charge in [0, 0.05) is 21.5 Å². The highest BCUT2D eigenvalue weighted by Crippen LogP contribution is 2.31. The molecular weight excluding hydrogens is 500 g/mol. The van der Waals surface area contributed by atoms with Crippen LogP contribution in [-0.2, 0) is 6.61 Å². The van der Waals surface area contributed by atoms with Gasteiger partial charge in [-0.3, -0.25) is 4.79 Å². The third-order valence-electron chi connectivity index (χ3n) is 5.95. The molecule has 0 spiro atoms. The Kier molecular flexibility index (Phi) is 7.38. The lowest BCUT2D eigenvalue weighted by Gasteiger charge is -2.08. The Hall–Kier alpha value is -4.61. The van der Waals surface area contributed by atoms with Gasteiger partial charge in [-0.15, -0.1) is 0 Å². The summed E-state index contributed by atoms with van der Waals surface area (Å²) in [5.41, 5.74) is 3.01. The van der Waals surface area contributed by atoms with Crippen molar-refractivity contribution in [2.24, 2.45) is 0 Å². The number of carbonyl (C=O) groups excluding carboxylic acids is 2. The van der Waals surface area contributed by atoms with Gasteiger partial charge in [0.15, 0.2) is 5.78 Å². The van der Waals surface area contributed by atoms with Crippen molar-refractivity contribution < 1.29 is 23.5 Å². The number of hydrogen-bond donors (Lipinski definition) is 0. The van der Waals surface area contributed by atoms with Crippen molar-refractivity contribution in [3.8, 4) is 11.5 Å². The number of halogens is 1. The molecule has 0 amide bonds. The number of rotatable bonds is 8. The fourth-order valence-electron chi connectivity index (χ4n) is 4.02. The van der Waals surface area contributed by atoms with E-state index in [1.807, 2.05) is 30.3 Å². The first-order valence-corrected chi connectivity index (χ1v) is 12.3. The average Bonchev–Trinajstić information content (AvgIpc) is 3.27. The molecule has 5 nitrogen and oxygen atoms in total. The molecule has 0 N–H and O–H groups in total. The first-order valence-electron chi connectivity index (χ1n) is 12.0. The lowest BCUT2D eigenvalue weighted by Crippen LogP contribution is -2.10. The summed E-state index contributed by atoms with van der Waals surface area (Å²) in [5.74, 6) is 0.619. The van der Waals surface area contributed by atoms with Crippen LogP contribution in [0.2, 0.25) is 5.02 Å². The highest BCUT2D eigenvalue weighted by atomic mass is 35.5. The second-order valence-electron chi connectivity index (χ2n) is 8.60. The number of para-hydroxylation sites is 1. The van der Waals surface area contributed by atoms with Crippen LogP contribution in [0.5, 0.6) is 11.5 Å². The van der Waals surface area contributed by atoms with Crippen molar-refractivity contribution in [1.29, 1.82) is 0 Å². The van der Waals surface area contributed by atoms with Crippen LogP contribution in [0.4, 0.5) is 0 Å². The lowest BCUT2D eigenvalue weighted by molar-refractivity contribution is 0.0734. The summed E-state index contributed by atoms with van der Waals surface area (Å²) in [7, 11) is 0. The van der Waals surface area contributed by atoms with Gasteiger partial charge in [-0.25, -0.2) is 4.79 Å². The van der Waals surface area contributed by atoms with Gasteiger partial charge >= 0.3 is 5.97 Å². The molecule has 6 heteroatoms. The maximum absolute atomic E-state index is 13.3. The maximum Gasteiger partial charge on any atom is 0.347 e. The minimum Gasteiger partial charge on any atom is -0.489 e. The van der Waals surface area contributed by atoms with E-state index >= 15 is 0 Å². The van der Waals surface area contributed by atoms with Gasteiger partial charge in [0.1, 0.15) is 35.0 Å². The summed E-state index contributed by atoms with van der Waals surface area (Å²) in [6.07, 6.45) is 3.06. The number of furan rings is 1. The molecule has 4 aromatic carbocycles. The van der Waals surface area contributed by atoms with E-state index in [2.05, 4.69) is 0 Å². The molecular formula is C32H23ClO5. The van der Waals surface area contributed by atoms with Gasteiger partial charge in [0.25, 0.3) is 0 Å². The van der Waals surface area contributed by atoms with E-state index in [0.717, 1.165) is 5.56 Å². The van der Waals surface area contributed by atoms with Crippen molar-refractivity contribution in [2.75, 3.05) is 0 Å². The first kappa shape index (κ1) is 25.1. The second-order valence-corrected chi connectivity index (χ2v) is 9.03. The number of ketones is 1. The third-order valence-corrected chi connectivity index (χ3v) is 6.20. The van der Waals surface area contributed by atoms with Crippen LogP contribution in [0.3, 0.4) is 0 Å². The number of esters is 1. The van der Waals surface area contributed by atoms with Crippen molar-refractivity contribution in [1.82, 2.24) is 0 Å². The molecule has 5 rings (SSSR count). The Morgan fingerprint density at radius 2 is 1.63 bits per heavy atom. The highest BCUT2D eigenvalue weighted by molar-refractivity contribution is 6.30. The van der Waals surface area contributed by atoms with E-state index < -0.39 is 5.97 Å². The third kappa shape index (κ3) is 5.69. The minimum absolute atomic E-state index is 0.192. The van der Waals surface area contributed by atoms with Crippen LogP contribution in [0.1, 0.15) is 37.6 Å². The van der Waals surface area contributed by atoms with E-state index in [-0.39, 0.29) is 5.78 Å². The number of carbonyl (C=O) groups is 2. The number of allylic oxidation sites excluding steroid dienone is 1. The quantitative estimate of drug-likeness (QED) is 0.0891. The molecule has 5 aromatic rings. The minimum atomic E-state index is -0.564. The maximum atomic E-state index is 13.3. The summed E-state index contributed by atoms with van der Waals surface area (Å²) in [6.45, 7) is 2.12. The van der Waals surface area contributed by atoms with E-state index in [4.69, 9.17) is 25.5 Å². The summed E-state index contributed by atoms with van der Waals surface area (Å²) in [5, 5.41) is 1.16. The fourth-order valence-corrected chi connectivity index (χ4v) is 4.15. The Labute approximate surface area is 224 Å². The van der Waals surface area contributed by atoms with Crippen molar-refractivity contribution >= 4 is 40.4 Å². The Balaban J connectivity index is 1.36. The molecule has 38 heavy (non-hydrogen) atoms. The molecule has 0 atom stereocenters. The zero-order valence-electron chi connectivity index (χ0n) is 20.5. The summed E-state index contributed by atoms with van der Waals surface area (Å²) in [4.78, 5) is 25.9. The molecule has 0 fully saturated rings. The zero-order valence-corrected chi connectivity index (χ0v) is 21.3. The lowest BCUT2D eigenvalue weighted by atomic mass is 10.1. The molecule has 1 heterocycles. The molecule has 0 aliphatic carbocycles. The number of benzene rings is 4. The number of aryl methyl sites for hydroxylation is 1. The van der Waals surface area contributed by atoms with Crippen LogP contribution in [0.25, 0.3) is 17.0 Å². The van der Waals surface area contributed by atoms with Gasteiger partial charge in [0.2, 0.25) is 0 Å². The van der Waals surface area contributed by atoms with Gasteiger partial charge in [-0.1, -0.05) is 60.1 Å². The number of hydrogen-bond acceptors (Lipinski definition) is 5. The van der Waals surface area contributed by atoms with Crippen LogP contribution in [-0.4, -0.2) is 11.8 Å². The summed E-state index contributed by atoms with van der Waals surface area (Å²) >= 11 is 5.91. The van der Waals surface area contributed by atoms with Crippen molar-refractivity contribution in [3.63, 3.8) is 0 Å². The molecule has 188 valence electrons. The Bertz CT molecular complexity index is 1630. The molecule has 1 aromatic heterocycles. The highest BCUT2D eigenvalue weighted by Gasteiger charge is 2.21. The van der Waals surface area contributed by atoms with Crippen LogP contribution in [0, 0.1) is 6.92 Å². The molecule has 0 bridgehead atoms. The normalized spacial score (nSPS) is 11.1. The van der Waals surface area contributed by atoms with Crippen molar-refractivity contribution in [3.05, 3.63) is 136 Å². The smallest absolute Gasteiger partial charge is 0.347 e. The van der Waals surface area contributed by atoms with Crippen LogP contribution < -0.4 is 9.47 Å². The molecule has 0 saturated heterocycles. The van der Waals surface area contributed by atoms with Crippen molar-refractivity contribution in [2.45, 2.75) is 13.5 Å². The predicted molar refractivity (Wildman–Crippen MR) is 148 cm³/mol. The van der Waals surface area contributed by atoms with Gasteiger partial charge in [-0.05, 0) is 73.2 Å². The Morgan fingerprint density at radius 1 is 0.895 bits per heavy atom. The first-order chi connectivity index (χ1) is 18.5. The fraction of sp³-hybridized carbons (Fsp3) is 0.0625. The average molecular weight is 523 g/mol. The standard InChI is InChI=1S/C32H23ClO5/c1-21-31(27-19-26(16-18-30(27)37-21)36-20-22-7-3-2-4-8-22)32(35)38-29-10-6-5-9-24(29)13-17-28(34)23-11-14-25(33)15-12-23/h2-19H,20H2,1H3/b17-13+. The van der Waals surface area contributed by atoms with Crippen LogP contribution in [0.15, 0.2) is 108 Å². The molecule has 0 unspecified atom stereocenters. The van der Waals surface area contributed by atoms with Gasteiger partial charge in [-0.2, -0.15) is 0 Å². The van der Waals surface area contributed by atoms with E-state index in [1.165, 1.54) is 6.08 Å². The summed E-state index contributed by atoms with van der Waals surface area (Å²) < 4.78 is 17.5. The number of fused-ring (bicyclic) bond motifs is 1. The predicted octanol–water partition coefficient (Wildman–Crippen LogP) is 8.09. The molecule has 0 aliphatic rings. The molecule has 0 saturated carbocycles. The van der Waals surface area contributed by atoms with E-state index in [9.17, 15) is 9.59 Å². The second kappa shape index (κ2) is 11.2. The largest absolute Gasteiger partial charge is 0.489 e. The van der Waals surface area contributed by atoms with E-state index in [0.29, 0.717) is 56.5 Å². The molecule has 0 radical (unpaired) electrons. The summed E-state index contributed by atoms with van der Waals surface area (Å²) in [6, 6.07) is 28.8. The topological polar surface area (TPSA) is 65.7 Å².